The van der Waals surface area contributed by atoms with Crippen molar-refractivity contribution in [3.8, 4) is 11.8 Å². The average Bonchev–Trinajstić information content (AvgIpc) is 2.72. The largest absolute Gasteiger partial charge is 0.447 e. The topological polar surface area (TPSA) is 67.9 Å². The average molecular weight is 290 g/mol. The third-order valence-corrected chi connectivity index (χ3v) is 3.37. The van der Waals surface area contributed by atoms with Gasteiger partial charge in [-0.15, -0.1) is 0 Å². The highest BCUT2D eigenvalue weighted by Gasteiger charge is 2.12. The van der Waals surface area contributed by atoms with Crippen molar-refractivity contribution in [1.29, 1.82) is 5.26 Å². The van der Waals surface area contributed by atoms with E-state index in [1.807, 2.05) is 13.8 Å². The standard InChI is InChI=1S/C14H12ClN3O2/c1-9-13(15)10(2)18(17-9)12-5-3-11(4-6-12)14(19)20-8-7-16/h3-6H,8H2,1-2H3. The van der Waals surface area contributed by atoms with E-state index in [0.29, 0.717) is 10.6 Å². The number of benzene rings is 1. The summed E-state index contributed by atoms with van der Waals surface area (Å²) in [5.74, 6) is -0.524. The first-order chi connectivity index (χ1) is 9.54. The molecule has 0 unspecified atom stereocenters. The molecule has 0 radical (unpaired) electrons. The Morgan fingerprint density at radius 2 is 2.05 bits per heavy atom. The van der Waals surface area contributed by atoms with E-state index in [0.717, 1.165) is 17.1 Å². The van der Waals surface area contributed by atoms with E-state index in [2.05, 4.69) is 5.10 Å². The summed E-state index contributed by atoms with van der Waals surface area (Å²) in [5.41, 5.74) is 2.77. The van der Waals surface area contributed by atoms with Gasteiger partial charge in [0.05, 0.1) is 27.7 Å². The number of halogens is 1. The Labute approximate surface area is 121 Å². The fourth-order valence-electron chi connectivity index (χ4n) is 1.79. The number of rotatable bonds is 3. The van der Waals surface area contributed by atoms with Crippen LogP contribution in [0.2, 0.25) is 5.02 Å². The van der Waals surface area contributed by atoms with Crippen LogP contribution in [0.15, 0.2) is 24.3 Å². The minimum Gasteiger partial charge on any atom is -0.447 e. The number of carbonyl (C=O) groups excluding carboxylic acids is 1. The zero-order valence-electron chi connectivity index (χ0n) is 11.1. The van der Waals surface area contributed by atoms with Crippen LogP contribution in [0.5, 0.6) is 0 Å². The van der Waals surface area contributed by atoms with Crippen LogP contribution in [-0.2, 0) is 4.74 Å². The zero-order valence-corrected chi connectivity index (χ0v) is 11.8. The Kier molecular flexibility index (Phi) is 4.06. The smallest absolute Gasteiger partial charge is 0.339 e. The second-order valence-corrected chi connectivity index (χ2v) is 4.56. The first-order valence-electron chi connectivity index (χ1n) is 5.91. The maximum Gasteiger partial charge on any atom is 0.339 e. The lowest BCUT2D eigenvalue weighted by atomic mass is 10.2. The second kappa shape index (κ2) is 5.76. The van der Waals surface area contributed by atoms with Gasteiger partial charge in [-0.2, -0.15) is 10.4 Å². The van der Waals surface area contributed by atoms with Gasteiger partial charge in [-0.3, -0.25) is 0 Å². The second-order valence-electron chi connectivity index (χ2n) is 4.18. The summed E-state index contributed by atoms with van der Waals surface area (Å²) in [4.78, 5) is 11.6. The van der Waals surface area contributed by atoms with Crippen molar-refractivity contribution in [3.63, 3.8) is 0 Å². The van der Waals surface area contributed by atoms with Gasteiger partial charge in [0.2, 0.25) is 0 Å². The van der Waals surface area contributed by atoms with E-state index in [9.17, 15) is 4.79 Å². The predicted octanol–water partition coefficient (Wildman–Crippen LogP) is 2.82. The van der Waals surface area contributed by atoms with Crippen LogP contribution in [0.25, 0.3) is 5.69 Å². The molecule has 102 valence electrons. The van der Waals surface area contributed by atoms with E-state index in [4.69, 9.17) is 21.6 Å². The number of hydrogen-bond donors (Lipinski definition) is 0. The van der Waals surface area contributed by atoms with Crippen molar-refractivity contribution >= 4 is 17.6 Å². The van der Waals surface area contributed by atoms with Crippen molar-refractivity contribution in [2.75, 3.05) is 6.61 Å². The number of hydrogen-bond acceptors (Lipinski definition) is 4. The van der Waals surface area contributed by atoms with Gasteiger partial charge in [0.1, 0.15) is 6.07 Å². The van der Waals surface area contributed by atoms with Crippen LogP contribution >= 0.6 is 11.6 Å². The molecular formula is C14H12ClN3O2. The Balaban J connectivity index is 2.26. The molecule has 0 atom stereocenters. The highest BCUT2D eigenvalue weighted by atomic mass is 35.5. The van der Waals surface area contributed by atoms with Crippen LogP contribution < -0.4 is 0 Å². The molecule has 0 spiro atoms. The molecule has 1 aromatic heterocycles. The number of nitrogens with zero attached hydrogens (tertiary/aromatic N) is 3. The monoisotopic (exact) mass is 289 g/mol. The Hall–Kier alpha value is -2.32. The highest BCUT2D eigenvalue weighted by Crippen LogP contribution is 2.22. The van der Waals surface area contributed by atoms with E-state index >= 15 is 0 Å². The van der Waals surface area contributed by atoms with Crippen LogP contribution in [-0.4, -0.2) is 22.4 Å². The van der Waals surface area contributed by atoms with Gasteiger partial charge in [0.15, 0.2) is 6.61 Å². The lowest BCUT2D eigenvalue weighted by molar-refractivity contribution is 0.0555. The Bertz CT molecular complexity index is 684. The number of carbonyl (C=O) groups is 1. The lowest BCUT2D eigenvalue weighted by Gasteiger charge is -2.05. The molecule has 0 amide bonds. The molecule has 0 fully saturated rings. The molecule has 0 bridgehead atoms. The first-order valence-corrected chi connectivity index (χ1v) is 6.28. The summed E-state index contributed by atoms with van der Waals surface area (Å²) in [7, 11) is 0. The minimum absolute atomic E-state index is 0.256. The molecule has 5 nitrogen and oxygen atoms in total. The molecule has 20 heavy (non-hydrogen) atoms. The summed E-state index contributed by atoms with van der Waals surface area (Å²) in [6.45, 7) is 3.45. The van der Waals surface area contributed by atoms with Crippen LogP contribution in [0.3, 0.4) is 0 Å². The number of aryl methyl sites for hydroxylation is 1. The van der Waals surface area contributed by atoms with Crippen LogP contribution in [0.1, 0.15) is 21.7 Å². The van der Waals surface area contributed by atoms with E-state index in [1.54, 1.807) is 35.0 Å². The van der Waals surface area contributed by atoms with Gasteiger partial charge >= 0.3 is 5.97 Å². The van der Waals surface area contributed by atoms with Crippen molar-refractivity contribution in [1.82, 2.24) is 9.78 Å². The van der Waals surface area contributed by atoms with E-state index in [-0.39, 0.29) is 6.61 Å². The zero-order chi connectivity index (χ0) is 14.7. The van der Waals surface area contributed by atoms with Crippen molar-refractivity contribution < 1.29 is 9.53 Å². The van der Waals surface area contributed by atoms with Crippen molar-refractivity contribution in [2.24, 2.45) is 0 Å². The molecule has 0 aliphatic rings. The van der Waals surface area contributed by atoms with Crippen LogP contribution in [0.4, 0.5) is 0 Å². The summed E-state index contributed by atoms with van der Waals surface area (Å²) in [5, 5.41) is 13.3. The third kappa shape index (κ3) is 2.65. The number of esters is 1. The summed E-state index contributed by atoms with van der Waals surface area (Å²) < 4.78 is 6.44. The molecular weight excluding hydrogens is 278 g/mol. The maximum atomic E-state index is 11.6. The minimum atomic E-state index is -0.524. The van der Waals surface area contributed by atoms with E-state index in [1.165, 1.54) is 0 Å². The van der Waals surface area contributed by atoms with Gasteiger partial charge in [0.25, 0.3) is 0 Å². The fraction of sp³-hybridized carbons (Fsp3) is 0.214. The summed E-state index contributed by atoms with van der Waals surface area (Å²) >= 11 is 6.10. The van der Waals surface area contributed by atoms with Crippen molar-refractivity contribution in [2.45, 2.75) is 13.8 Å². The SMILES string of the molecule is Cc1nn(-c2ccc(C(=O)OCC#N)cc2)c(C)c1Cl. The first kappa shape index (κ1) is 14.1. The van der Waals surface area contributed by atoms with E-state index < -0.39 is 5.97 Å². The normalized spacial score (nSPS) is 10.1. The Morgan fingerprint density at radius 3 is 2.55 bits per heavy atom. The molecule has 6 heteroatoms. The Morgan fingerprint density at radius 1 is 1.40 bits per heavy atom. The lowest BCUT2D eigenvalue weighted by Crippen LogP contribution is -2.06. The molecule has 2 rings (SSSR count). The number of ether oxygens (including phenoxy) is 1. The van der Waals surface area contributed by atoms with Gasteiger partial charge in [0, 0.05) is 0 Å². The number of aromatic nitrogens is 2. The number of nitriles is 1. The molecule has 0 aliphatic carbocycles. The van der Waals surface area contributed by atoms with Gasteiger partial charge in [-0.05, 0) is 38.1 Å². The molecule has 0 saturated heterocycles. The third-order valence-electron chi connectivity index (χ3n) is 2.82. The van der Waals surface area contributed by atoms with Crippen molar-refractivity contribution in [3.05, 3.63) is 46.2 Å². The summed E-state index contributed by atoms with van der Waals surface area (Å²) in [6, 6.07) is 8.50. The molecule has 1 heterocycles. The molecule has 2 aromatic rings. The van der Waals surface area contributed by atoms with Gasteiger partial charge in [-0.25, -0.2) is 9.48 Å². The molecule has 0 aliphatic heterocycles. The maximum absolute atomic E-state index is 11.6. The summed E-state index contributed by atoms with van der Waals surface area (Å²) in [6.07, 6.45) is 0. The predicted molar refractivity (Wildman–Crippen MR) is 73.9 cm³/mol. The van der Waals surface area contributed by atoms with Gasteiger partial charge < -0.3 is 4.74 Å². The van der Waals surface area contributed by atoms with Crippen LogP contribution in [0, 0.1) is 25.2 Å². The molecule has 0 saturated carbocycles. The molecule has 0 N–H and O–H groups in total. The van der Waals surface area contributed by atoms with Gasteiger partial charge in [-0.1, -0.05) is 11.6 Å². The quantitative estimate of drug-likeness (QED) is 0.815. The molecule has 1 aromatic carbocycles. The highest BCUT2D eigenvalue weighted by molar-refractivity contribution is 6.31. The fourth-order valence-corrected chi connectivity index (χ4v) is 1.91.